The lowest BCUT2D eigenvalue weighted by atomic mass is 9.97. The van der Waals surface area contributed by atoms with Crippen molar-refractivity contribution in [2.45, 2.75) is 73.1 Å². The van der Waals surface area contributed by atoms with Gasteiger partial charge in [0.25, 0.3) is 0 Å². The summed E-state index contributed by atoms with van der Waals surface area (Å²) in [4.78, 5) is 7.38. The van der Waals surface area contributed by atoms with Gasteiger partial charge in [-0.25, -0.2) is 0 Å². The molecule has 0 bridgehead atoms. The van der Waals surface area contributed by atoms with Crippen LogP contribution in [0.4, 0.5) is 0 Å². The lowest BCUT2D eigenvalue weighted by Crippen LogP contribution is -2.36. The van der Waals surface area contributed by atoms with Gasteiger partial charge in [-0.1, -0.05) is 40.0 Å². The van der Waals surface area contributed by atoms with E-state index in [4.69, 9.17) is 4.99 Å². The molecule has 2 heteroatoms. The van der Waals surface area contributed by atoms with Crippen molar-refractivity contribution in [2.24, 2.45) is 10.9 Å². The topological polar surface area (TPSA) is 15.6 Å². The molecule has 2 nitrogen and oxygen atoms in total. The summed E-state index contributed by atoms with van der Waals surface area (Å²) in [5.41, 5.74) is 0. The molecular formula is C16H34N2. The van der Waals surface area contributed by atoms with Crippen LogP contribution in [0.15, 0.2) is 4.99 Å². The van der Waals surface area contributed by atoms with Gasteiger partial charge < -0.3 is 4.90 Å². The minimum atomic E-state index is 0.668. The van der Waals surface area contributed by atoms with Crippen molar-refractivity contribution in [3.63, 3.8) is 0 Å². The Bertz CT molecular complexity index is 207. The van der Waals surface area contributed by atoms with Crippen LogP contribution in [0.25, 0.3) is 0 Å². The molecule has 108 valence electrons. The van der Waals surface area contributed by atoms with Crippen molar-refractivity contribution < 1.29 is 0 Å². The molecule has 0 aliphatic carbocycles. The van der Waals surface area contributed by atoms with Crippen LogP contribution in [0.2, 0.25) is 0 Å². The number of hydrogen-bond donors (Lipinski definition) is 0. The molecule has 0 saturated carbocycles. The van der Waals surface area contributed by atoms with Gasteiger partial charge in [-0.2, -0.15) is 0 Å². The van der Waals surface area contributed by atoms with E-state index >= 15 is 0 Å². The average molecular weight is 254 g/mol. The van der Waals surface area contributed by atoms with E-state index in [1.165, 1.54) is 44.4 Å². The summed E-state index contributed by atoms with van der Waals surface area (Å²) >= 11 is 0. The van der Waals surface area contributed by atoms with Crippen molar-refractivity contribution in [3.8, 4) is 0 Å². The van der Waals surface area contributed by atoms with Crippen LogP contribution in [0.1, 0.15) is 73.1 Å². The van der Waals surface area contributed by atoms with Crippen molar-refractivity contribution in [1.82, 2.24) is 4.90 Å². The molecule has 0 N–H and O–H groups in total. The summed E-state index contributed by atoms with van der Waals surface area (Å²) in [5, 5.41) is 0. The van der Waals surface area contributed by atoms with Crippen molar-refractivity contribution in [1.29, 1.82) is 0 Å². The molecule has 1 unspecified atom stereocenters. The maximum atomic E-state index is 4.92. The smallest absolute Gasteiger partial charge is 0.102 e. The summed E-state index contributed by atoms with van der Waals surface area (Å²) in [6.45, 7) is 14.5. The van der Waals surface area contributed by atoms with Crippen LogP contribution in [0.3, 0.4) is 0 Å². The molecule has 0 aromatic rings. The van der Waals surface area contributed by atoms with Gasteiger partial charge in [0, 0.05) is 25.6 Å². The van der Waals surface area contributed by atoms with Gasteiger partial charge in [-0.05, 0) is 33.1 Å². The van der Waals surface area contributed by atoms with Gasteiger partial charge in [0.2, 0.25) is 0 Å². The summed E-state index contributed by atoms with van der Waals surface area (Å²) in [7, 11) is 0. The molecule has 0 radical (unpaired) electrons. The number of aliphatic imine (C=N–C) groups is 1. The van der Waals surface area contributed by atoms with E-state index in [-0.39, 0.29) is 0 Å². The van der Waals surface area contributed by atoms with Crippen LogP contribution in [0, 0.1) is 5.92 Å². The second-order valence-electron chi connectivity index (χ2n) is 5.01. The molecule has 0 spiro atoms. The number of amidine groups is 1. The van der Waals surface area contributed by atoms with Crippen LogP contribution in [-0.4, -0.2) is 30.4 Å². The highest BCUT2D eigenvalue weighted by atomic mass is 15.2. The fourth-order valence-electron chi connectivity index (χ4n) is 2.35. The molecule has 0 fully saturated rings. The summed E-state index contributed by atoms with van der Waals surface area (Å²) in [6.07, 6.45) is 7.59. The molecule has 0 aromatic heterocycles. The Morgan fingerprint density at radius 3 is 2.00 bits per heavy atom. The van der Waals surface area contributed by atoms with Crippen molar-refractivity contribution in [3.05, 3.63) is 0 Å². The Hall–Kier alpha value is -0.530. The van der Waals surface area contributed by atoms with Gasteiger partial charge in [-0.15, -0.1) is 0 Å². The minimum absolute atomic E-state index is 0.668. The molecular weight excluding hydrogens is 220 g/mol. The minimum Gasteiger partial charge on any atom is -0.361 e. The van der Waals surface area contributed by atoms with Gasteiger partial charge in [0.15, 0.2) is 0 Å². The Kier molecular flexibility index (Phi) is 11.2. The quantitative estimate of drug-likeness (QED) is 0.312. The van der Waals surface area contributed by atoms with Crippen LogP contribution < -0.4 is 0 Å². The maximum Gasteiger partial charge on any atom is 0.102 e. The number of nitrogens with zero attached hydrogens (tertiary/aromatic N) is 2. The third kappa shape index (κ3) is 6.42. The van der Waals surface area contributed by atoms with Crippen molar-refractivity contribution in [2.75, 3.05) is 19.6 Å². The number of hydrogen-bond acceptors (Lipinski definition) is 1. The predicted octanol–water partition coefficient (Wildman–Crippen LogP) is 4.74. The molecule has 0 aliphatic rings. The molecule has 0 aliphatic heterocycles. The van der Waals surface area contributed by atoms with E-state index in [2.05, 4.69) is 39.5 Å². The van der Waals surface area contributed by atoms with E-state index in [1.807, 2.05) is 0 Å². The molecule has 0 amide bonds. The molecule has 0 rings (SSSR count). The first-order valence-electron chi connectivity index (χ1n) is 8.04. The second kappa shape index (κ2) is 11.6. The van der Waals surface area contributed by atoms with Crippen LogP contribution >= 0.6 is 0 Å². The van der Waals surface area contributed by atoms with Crippen molar-refractivity contribution >= 4 is 5.84 Å². The van der Waals surface area contributed by atoms with E-state index in [0.29, 0.717) is 5.92 Å². The molecule has 1 atom stereocenters. The largest absolute Gasteiger partial charge is 0.361 e. The Balaban J connectivity index is 4.73. The van der Waals surface area contributed by atoms with Crippen LogP contribution in [-0.2, 0) is 0 Å². The summed E-state index contributed by atoms with van der Waals surface area (Å²) < 4.78 is 0. The number of rotatable bonds is 10. The van der Waals surface area contributed by atoms with Gasteiger partial charge in [0.05, 0.1) is 0 Å². The zero-order valence-electron chi connectivity index (χ0n) is 13.3. The lowest BCUT2D eigenvalue weighted by molar-refractivity contribution is 0.411. The van der Waals surface area contributed by atoms with E-state index < -0.39 is 0 Å². The highest BCUT2D eigenvalue weighted by Crippen LogP contribution is 2.17. The monoisotopic (exact) mass is 254 g/mol. The van der Waals surface area contributed by atoms with E-state index in [1.54, 1.807) is 0 Å². The summed E-state index contributed by atoms with van der Waals surface area (Å²) in [5.74, 6) is 2.05. The lowest BCUT2D eigenvalue weighted by Gasteiger charge is -2.29. The Morgan fingerprint density at radius 2 is 1.56 bits per heavy atom. The van der Waals surface area contributed by atoms with Crippen LogP contribution in [0.5, 0.6) is 0 Å². The van der Waals surface area contributed by atoms with Gasteiger partial charge in [0.1, 0.15) is 5.84 Å². The first kappa shape index (κ1) is 17.5. The Labute approximate surface area is 115 Å². The highest BCUT2D eigenvalue weighted by Gasteiger charge is 2.17. The predicted molar refractivity (Wildman–Crippen MR) is 83.4 cm³/mol. The number of unbranched alkanes of at least 4 members (excludes halogenated alkanes) is 2. The van der Waals surface area contributed by atoms with E-state index in [0.717, 1.165) is 19.6 Å². The molecule has 18 heavy (non-hydrogen) atoms. The zero-order valence-corrected chi connectivity index (χ0v) is 13.3. The first-order valence-corrected chi connectivity index (χ1v) is 8.04. The molecule has 0 saturated heterocycles. The Morgan fingerprint density at radius 1 is 0.944 bits per heavy atom. The van der Waals surface area contributed by atoms with E-state index in [9.17, 15) is 0 Å². The fourth-order valence-corrected chi connectivity index (χ4v) is 2.35. The average Bonchev–Trinajstić information content (AvgIpc) is 2.40. The third-order valence-corrected chi connectivity index (χ3v) is 3.64. The fraction of sp³-hybridized carbons (Fsp3) is 0.938. The third-order valence-electron chi connectivity index (χ3n) is 3.64. The SMILES string of the molecule is CCCCN=C(C(CC)CCCC)N(CC)CC. The first-order chi connectivity index (χ1) is 8.74. The zero-order chi connectivity index (χ0) is 13.8. The maximum absolute atomic E-state index is 4.92. The normalized spacial score (nSPS) is 13.7. The molecule has 0 aromatic carbocycles. The van der Waals surface area contributed by atoms with Gasteiger partial charge >= 0.3 is 0 Å². The van der Waals surface area contributed by atoms with Gasteiger partial charge in [-0.3, -0.25) is 4.99 Å². The highest BCUT2D eigenvalue weighted by molar-refractivity contribution is 5.84. The molecule has 0 heterocycles. The second-order valence-corrected chi connectivity index (χ2v) is 5.01. The standard InChI is InChI=1S/C16H34N2/c1-6-11-13-15(8-3)16(17-14-12-7-2)18(9-4)10-5/h15H,6-14H2,1-5H3. The summed E-state index contributed by atoms with van der Waals surface area (Å²) in [6, 6.07) is 0.